The van der Waals surface area contributed by atoms with Crippen molar-refractivity contribution in [1.29, 1.82) is 0 Å². The SMILES string of the molecule is COC.O=COC1C(Cl)=C(Cl)C(=O)N1c1ncns1. The molecule has 0 saturated heterocycles. The Morgan fingerprint density at radius 1 is 1.47 bits per heavy atom. The second-order valence-corrected chi connectivity index (χ2v) is 4.60. The van der Waals surface area contributed by atoms with Crippen LogP contribution in [-0.2, 0) is 19.1 Å². The Balaban J connectivity index is 0.000000550. The van der Waals surface area contributed by atoms with Crippen LogP contribution in [0.2, 0.25) is 0 Å². The predicted molar refractivity (Wildman–Crippen MR) is 70.0 cm³/mol. The topological polar surface area (TPSA) is 81.6 Å². The highest BCUT2D eigenvalue weighted by atomic mass is 35.5. The summed E-state index contributed by atoms with van der Waals surface area (Å²) in [6.45, 7) is 0.184. The van der Waals surface area contributed by atoms with Gasteiger partial charge in [0.15, 0.2) is 0 Å². The smallest absolute Gasteiger partial charge is 0.295 e. The summed E-state index contributed by atoms with van der Waals surface area (Å²) < 4.78 is 12.7. The third kappa shape index (κ3) is 3.41. The fraction of sp³-hybridized carbons (Fsp3) is 0.333. The summed E-state index contributed by atoms with van der Waals surface area (Å²) in [5, 5.41) is 0.0170. The van der Waals surface area contributed by atoms with Gasteiger partial charge in [-0.1, -0.05) is 23.2 Å². The molecule has 1 amide bonds. The number of halogens is 2. The number of hydrogen-bond acceptors (Lipinski definition) is 7. The molecule has 1 aromatic rings. The Bertz CT molecular complexity index is 480. The Morgan fingerprint density at radius 2 is 2.11 bits per heavy atom. The number of aromatic nitrogens is 2. The van der Waals surface area contributed by atoms with Crippen molar-refractivity contribution < 1.29 is 19.1 Å². The molecule has 1 aromatic heterocycles. The van der Waals surface area contributed by atoms with Crippen LogP contribution in [-0.4, -0.2) is 42.2 Å². The lowest BCUT2D eigenvalue weighted by Crippen LogP contribution is -2.36. The number of methoxy groups -OCH3 is 1. The first-order valence-corrected chi connectivity index (χ1v) is 6.26. The monoisotopic (exact) mass is 325 g/mol. The van der Waals surface area contributed by atoms with E-state index in [1.807, 2.05) is 0 Å². The van der Waals surface area contributed by atoms with Crippen LogP contribution in [0.5, 0.6) is 0 Å². The first-order valence-electron chi connectivity index (χ1n) is 4.73. The van der Waals surface area contributed by atoms with Crippen LogP contribution in [0.1, 0.15) is 0 Å². The zero-order valence-electron chi connectivity index (χ0n) is 9.87. The Kier molecular flexibility index (Phi) is 6.16. The van der Waals surface area contributed by atoms with E-state index in [0.717, 1.165) is 16.4 Å². The fourth-order valence-corrected chi connectivity index (χ4v) is 2.13. The summed E-state index contributed by atoms with van der Waals surface area (Å²) in [6.07, 6.45) is 0.206. The zero-order chi connectivity index (χ0) is 14.4. The standard InChI is InChI=1S/C7H3Cl2N3O3S.C2H6O/c8-3-4(9)6(15-2-13)12(5(3)14)7-10-1-11-16-7;1-3-2/h1-2,6H;1-2H3. The molecular formula is C9H9Cl2N3O4S. The van der Waals surface area contributed by atoms with Gasteiger partial charge in [-0.05, 0) is 0 Å². The Labute approximate surface area is 122 Å². The van der Waals surface area contributed by atoms with Gasteiger partial charge in [-0.25, -0.2) is 9.88 Å². The van der Waals surface area contributed by atoms with Crippen LogP contribution in [0.15, 0.2) is 16.4 Å². The molecule has 19 heavy (non-hydrogen) atoms. The van der Waals surface area contributed by atoms with Gasteiger partial charge in [0.2, 0.25) is 11.4 Å². The number of nitrogens with zero attached hydrogens (tertiary/aromatic N) is 3. The maximum atomic E-state index is 11.7. The molecule has 0 radical (unpaired) electrons. The minimum atomic E-state index is -1.06. The van der Waals surface area contributed by atoms with Gasteiger partial charge in [-0.2, -0.15) is 4.37 Å². The van der Waals surface area contributed by atoms with Crippen molar-refractivity contribution in [1.82, 2.24) is 9.36 Å². The minimum Gasteiger partial charge on any atom is -0.438 e. The van der Waals surface area contributed by atoms with Crippen LogP contribution in [0.25, 0.3) is 0 Å². The number of anilines is 1. The van der Waals surface area contributed by atoms with Crippen LogP contribution in [0, 0.1) is 0 Å². The molecule has 0 saturated carbocycles. The van der Waals surface area contributed by atoms with Crippen molar-refractivity contribution >= 4 is 52.2 Å². The van der Waals surface area contributed by atoms with Crippen LogP contribution in [0.3, 0.4) is 0 Å². The van der Waals surface area contributed by atoms with Gasteiger partial charge in [-0.3, -0.25) is 9.59 Å². The largest absolute Gasteiger partial charge is 0.438 e. The van der Waals surface area contributed by atoms with E-state index in [1.165, 1.54) is 6.33 Å². The van der Waals surface area contributed by atoms with Crippen molar-refractivity contribution in [3.63, 3.8) is 0 Å². The maximum absolute atomic E-state index is 11.7. The molecule has 0 spiro atoms. The summed E-state index contributed by atoms with van der Waals surface area (Å²) in [4.78, 5) is 26.9. The molecule has 104 valence electrons. The Hall–Kier alpha value is -1.22. The summed E-state index contributed by atoms with van der Waals surface area (Å²) in [7, 11) is 3.25. The number of amides is 1. The first-order chi connectivity index (χ1) is 9.08. The van der Waals surface area contributed by atoms with Crippen molar-refractivity contribution in [2.24, 2.45) is 0 Å². The normalized spacial score (nSPS) is 18.2. The quantitative estimate of drug-likeness (QED) is 0.780. The molecule has 1 unspecified atom stereocenters. The van der Waals surface area contributed by atoms with E-state index in [2.05, 4.69) is 18.8 Å². The molecule has 1 aliphatic rings. The van der Waals surface area contributed by atoms with E-state index in [1.54, 1.807) is 14.2 Å². The predicted octanol–water partition coefficient (Wildman–Crippen LogP) is 1.34. The number of hydrogen-bond donors (Lipinski definition) is 0. The van der Waals surface area contributed by atoms with E-state index < -0.39 is 12.1 Å². The van der Waals surface area contributed by atoms with E-state index in [-0.39, 0.29) is 21.7 Å². The Morgan fingerprint density at radius 3 is 2.58 bits per heavy atom. The summed E-state index contributed by atoms with van der Waals surface area (Å²) in [6, 6.07) is 0. The molecule has 10 heteroatoms. The summed E-state index contributed by atoms with van der Waals surface area (Å²) in [5.74, 6) is -0.574. The number of ether oxygens (including phenoxy) is 2. The molecule has 2 rings (SSSR count). The third-order valence-corrected chi connectivity index (χ3v) is 3.31. The average molecular weight is 326 g/mol. The second-order valence-electron chi connectivity index (χ2n) is 3.05. The van der Waals surface area contributed by atoms with Gasteiger partial charge < -0.3 is 9.47 Å². The van der Waals surface area contributed by atoms with Gasteiger partial charge in [0.1, 0.15) is 16.4 Å². The second kappa shape index (κ2) is 7.39. The molecule has 0 aliphatic carbocycles. The number of carbonyl (C=O) groups excluding carboxylic acids is 2. The summed E-state index contributed by atoms with van der Waals surface area (Å²) >= 11 is 12.4. The molecule has 0 fully saturated rings. The van der Waals surface area contributed by atoms with E-state index >= 15 is 0 Å². The molecular weight excluding hydrogens is 317 g/mol. The van der Waals surface area contributed by atoms with E-state index in [9.17, 15) is 9.59 Å². The maximum Gasteiger partial charge on any atom is 0.295 e. The van der Waals surface area contributed by atoms with Gasteiger partial charge >= 0.3 is 0 Å². The fourth-order valence-electron chi connectivity index (χ4n) is 1.17. The van der Waals surface area contributed by atoms with Gasteiger partial charge in [0.05, 0.1) is 0 Å². The van der Waals surface area contributed by atoms with Gasteiger partial charge in [0, 0.05) is 25.8 Å². The molecule has 2 heterocycles. The lowest BCUT2D eigenvalue weighted by atomic mass is 10.5. The molecule has 1 atom stereocenters. The van der Waals surface area contributed by atoms with Crippen LogP contribution < -0.4 is 4.90 Å². The van der Waals surface area contributed by atoms with Crippen molar-refractivity contribution in [2.75, 3.05) is 19.1 Å². The van der Waals surface area contributed by atoms with Gasteiger partial charge in [-0.15, -0.1) is 0 Å². The highest BCUT2D eigenvalue weighted by Gasteiger charge is 2.41. The van der Waals surface area contributed by atoms with Crippen molar-refractivity contribution in [2.45, 2.75) is 6.23 Å². The van der Waals surface area contributed by atoms with Crippen LogP contribution in [0.4, 0.5) is 5.13 Å². The highest BCUT2D eigenvalue weighted by Crippen LogP contribution is 2.35. The van der Waals surface area contributed by atoms with E-state index in [4.69, 9.17) is 23.2 Å². The van der Waals surface area contributed by atoms with Crippen molar-refractivity contribution in [3.05, 3.63) is 16.4 Å². The number of carbonyl (C=O) groups is 2. The molecule has 0 aromatic carbocycles. The highest BCUT2D eigenvalue weighted by molar-refractivity contribution is 7.09. The molecule has 1 aliphatic heterocycles. The molecule has 7 nitrogen and oxygen atoms in total. The lowest BCUT2D eigenvalue weighted by Gasteiger charge is -2.19. The minimum absolute atomic E-state index is 0.0473. The molecule has 0 bridgehead atoms. The van der Waals surface area contributed by atoms with Crippen molar-refractivity contribution in [3.8, 4) is 0 Å². The lowest BCUT2D eigenvalue weighted by molar-refractivity contribution is -0.132. The third-order valence-electron chi connectivity index (χ3n) is 1.81. The average Bonchev–Trinajstić information content (AvgIpc) is 2.96. The summed E-state index contributed by atoms with van der Waals surface area (Å²) in [5.41, 5.74) is 0. The van der Waals surface area contributed by atoms with Gasteiger partial charge in [0.25, 0.3) is 12.4 Å². The zero-order valence-corrected chi connectivity index (χ0v) is 12.2. The van der Waals surface area contributed by atoms with Crippen LogP contribution >= 0.6 is 34.7 Å². The number of rotatable bonds is 3. The van der Waals surface area contributed by atoms with E-state index in [0.29, 0.717) is 0 Å². The molecule has 0 N–H and O–H groups in total. The first kappa shape index (κ1) is 15.8.